The number of ether oxygens (including phenoxy) is 1. The van der Waals surface area contributed by atoms with Crippen LogP contribution in [0.5, 0.6) is 0 Å². The number of nitrogens with one attached hydrogen (secondary N) is 1. The number of aldehydes is 1. The predicted molar refractivity (Wildman–Crippen MR) is 74.5 cm³/mol. The highest BCUT2D eigenvalue weighted by atomic mass is 16.5. The van der Waals surface area contributed by atoms with E-state index in [9.17, 15) is 24.9 Å². The minimum Gasteiger partial charge on any atom is -0.396 e. The van der Waals surface area contributed by atoms with Gasteiger partial charge in [-0.2, -0.15) is 0 Å². The molecule has 1 rings (SSSR count). The Hall–Kier alpha value is -1.02. The van der Waals surface area contributed by atoms with E-state index in [4.69, 9.17) is 4.74 Å². The molecule has 0 aliphatic heterocycles. The molecule has 122 valence electrons. The van der Waals surface area contributed by atoms with Crippen molar-refractivity contribution in [1.82, 2.24) is 5.32 Å². The standard InChI is InChI=1S/C14H25NO6/c1-9(18)15-12-11(21-6-4-2-3-5-16)7-10(8-17)13(19)14(12)20/h5,10-14,17,19-20H,2-4,6-8H2,1H3,(H,15,18)/t10?,11-,12?,13-,14?/m1/s1. The Bertz CT molecular complexity index is 337. The van der Waals surface area contributed by atoms with Gasteiger partial charge >= 0.3 is 0 Å². The summed E-state index contributed by atoms with van der Waals surface area (Å²) in [6, 6.07) is -0.702. The van der Waals surface area contributed by atoms with Crippen LogP contribution in [0.2, 0.25) is 0 Å². The molecule has 1 saturated carbocycles. The monoisotopic (exact) mass is 303 g/mol. The van der Waals surface area contributed by atoms with Crippen LogP contribution < -0.4 is 5.32 Å². The van der Waals surface area contributed by atoms with Crippen LogP contribution in [0.25, 0.3) is 0 Å². The van der Waals surface area contributed by atoms with Crippen molar-refractivity contribution in [3.05, 3.63) is 0 Å². The predicted octanol–water partition coefficient (Wildman–Crippen LogP) is -1.02. The molecule has 7 nitrogen and oxygen atoms in total. The van der Waals surface area contributed by atoms with Gasteiger partial charge in [0.1, 0.15) is 12.4 Å². The van der Waals surface area contributed by atoms with Crippen molar-refractivity contribution in [1.29, 1.82) is 0 Å². The van der Waals surface area contributed by atoms with Gasteiger partial charge in [-0.15, -0.1) is 0 Å². The molecule has 1 amide bonds. The zero-order chi connectivity index (χ0) is 15.8. The lowest BCUT2D eigenvalue weighted by molar-refractivity contribution is -0.142. The zero-order valence-corrected chi connectivity index (χ0v) is 12.3. The molecular weight excluding hydrogens is 278 g/mol. The molecule has 0 aromatic rings. The maximum absolute atomic E-state index is 11.2. The molecule has 4 N–H and O–H groups in total. The summed E-state index contributed by atoms with van der Waals surface area (Å²) in [4.78, 5) is 21.5. The van der Waals surface area contributed by atoms with Crippen LogP contribution in [0.1, 0.15) is 32.6 Å². The first kappa shape index (κ1) is 18.0. The fourth-order valence-corrected chi connectivity index (χ4v) is 2.63. The van der Waals surface area contributed by atoms with E-state index in [0.717, 1.165) is 12.7 Å². The Morgan fingerprint density at radius 2 is 2.05 bits per heavy atom. The first-order valence-electron chi connectivity index (χ1n) is 7.30. The first-order chi connectivity index (χ1) is 10.0. The molecule has 1 aliphatic rings. The molecule has 1 aliphatic carbocycles. The van der Waals surface area contributed by atoms with Gasteiger partial charge in [-0.3, -0.25) is 4.79 Å². The van der Waals surface area contributed by atoms with Crippen LogP contribution in [-0.2, 0) is 14.3 Å². The highest BCUT2D eigenvalue weighted by molar-refractivity contribution is 5.73. The molecule has 7 heteroatoms. The van der Waals surface area contributed by atoms with E-state index in [1.807, 2.05) is 0 Å². The number of carbonyl (C=O) groups excluding carboxylic acids is 2. The van der Waals surface area contributed by atoms with Crippen molar-refractivity contribution in [2.75, 3.05) is 13.2 Å². The van der Waals surface area contributed by atoms with Crippen molar-refractivity contribution < 1.29 is 29.6 Å². The van der Waals surface area contributed by atoms with Crippen molar-refractivity contribution in [2.45, 2.75) is 57.0 Å². The molecule has 5 atom stereocenters. The molecule has 0 bridgehead atoms. The summed E-state index contributed by atoms with van der Waals surface area (Å²) in [6.45, 7) is 1.48. The summed E-state index contributed by atoms with van der Waals surface area (Å²) in [5.41, 5.74) is 0. The summed E-state index contributed by atoms with van der Waals surface area (Å²) < 4.78 is 5.68. The van der Waals surface area contributed by atoms with E-state index in [1.165, 1.54) is 6.92 Å². The normalized spacial score (nSPS) is 32.7. The van der Waals surface area contributed by atoms with Crippen molar-refractivity contribution >= 4 is 12.2 Å². The Morgan fingerprint density at radius 3 is 2.62 bits per heavy atom. The van der Waals surface area contributed by atoms with Crippen molar-refractivity contribution in [3.8, 4) is 0 Å². The Balaban J connectivity index is 2.60. The van der Waals surface area contributed by atoms with Gasteiger partial charge in [-0.05, 0) is 19.3 Å². The number of hydrogen-bond acceptors (Lipinski definition) is 6. The third-order valence-electron chi connectivity index (χ3n) is 3.79. The lowest BCUT2D eigenvalue weighted by Gasteiger charge is -2.42. The van der Waals surface area contributed by atoms with Crippen LogP contribution in [0.15, 0.2) is 0 Å². The van der Waals surface area contributed by atoms with Crippen LogP contribution in [0, 0.1) is 5.92 Å². The molecule has 0 radical (unpaired) electrons. The molecule has 3 unspecified atom stereocenters. The Kier molecular flexibility index (Phi) is 7.81. The zero-order valence-electron chi connectivity index (χ0n) is 12.3. The molecule has 0 saturated heterocycles. The average Bonchev–Trinajstić information content (AvgIpc) is 2.45. The Labute approximate surface area is 124 Å². The summed E-state index contributed by atoms with van der Waals surface area (Å²) >= 11 is 0. The number of carbonyl (C=O) groups is 2. The second-order valence-electron chi connectivity index (χ2n) is 5.46. The third kappa shape index (κ3) is 5.35. The van der Waals surface area contributed by atoms with E-state index in [1.54, 1.807) is 0 Å². The average molecular weight is 303 g/mol. The van der Waals surface area contributed by atoms with E-state index in [-0.39, 0.29) is 12.5 Å². The number of amides is 1. The maximum atomic E-state index is 11.2. The summed E-state index contributed by atoms with van der Waals surface area (Å²) in [5.74, 6) is -0.798. The van der Waals surface area contributed by atoms with E-state index in [0.29, 0.717) is 25.9 Å². The molecule has 0 heterocycles. The topological polar surface area (TPSA) is 116 Å². The van der Waals surface area contributed by atoms with E-state index in [2.05, 4.69) is 5.32 Å². The quantitative estimate of drug-likeness (QED) is 0.337. The van der Waals surface area contributed by atoms with Gasteiger partial charge in [-0.25, -0.2) is 0 Å². The fourth-order valence-electron chi connectivity index (χ4n) is 2.63. The lowest BCUT2D eigenvalue weighted by atomic mass is 9.79. The van der Waals surface area contributed by atoms with Crippen LogP contribution >= 0.6 is 0 Å². The van der Waals surface area contributed by atoms with E-state index >= 15 is 0 Å². The molecule has 0 aromatic carbocycles. The van der Waals surface area contributed by atoms with Crippen molar-refractivity contribution in [2.24, 2.45) is 5.92 Å². The highest BCUT2D eigenvalue weighted by Gasteiger charge is 2.44. The second-order valence-corrected chi connectivity index (χ2v) is 5.46. The number of rotatable bonds is 8. The number of aliphatic hydroxyl groups is 3. The van der Waals surface area contributed by atoms with E-state index < -0.39 is 30.3 Å². The van der Waals surface area contributed by atoms with Crippen LogP contribution in [-0.4, -0.2) is 65.1 Å². The Morgan fingerprint density at radius 1 is 1.33 bits per heavy atom. The SMILES string of the molecule is CC(=O)NC1C(O)[C@H](O)C(CO)C[C@H]1OCCCCC=O. The van der Waals surface area contributed by atoms with Gasteiger partial charge in [0.15, 0.2) is 0 Å². The molecule has 0 aromatic heterocycles. The smallest absolute Gasteiger partial charge is 0.217 e. The van der Waals surface area contributed by atoms with Gasteiger partial charge in [0.2, 0.25) is 5.91 Å². The number of unbranched alkanes of at least 4 members (excludes halogenated alkanes) is 2. The fraction of sp³-hybridized carbons (Fsp3) is 0.857. The van der Waals surface area contributed by atoms with Gasteiger partial charge in [-0.1, -0.05) is 0 Å². The van der Waals surface area contributed by atoms with Gasteiger partial charge < -0.3 is 30.2 Å². The first-order valence-corrected chi connectivity index (χ1v) is 7.30. The van der Waals surface area contributed by atoms with Crippen LogP contribution in [0.3, 0.4) is 0 Å². The minimum absolute atomic E-state index is 0.254. The molecular formula is C14H25NO6. The molecule has 21 heavy (non-hydrogen) atoms. The number of hydrogen-bond donors (Lipinski definition) is 4. The highest BCUT2D eigenvalue weighted by Crippen LogP contribution is 2.28. The van der Waals surface area contributed by atoms with Gasteiger partial charge in [0.05, 0.1) is 18.2 Å². The molecule has 1 fully saturated rings. The third-order valence-corrected chi connectivity index (χ3v) is 3.79. The van der Waals surface area contributed by atoms with Crippen molar-refractivity contribution in [3.63, 3.8) is 0 Å². The largest absolute Gasteiger partial charge is 0.396 e. The molecule has 0 spiro atoms. The maximum Gasteiger partial charge on any atom is 0.217 e. The van der Waals surface area contributed by atoms with Crippen LogP contribution in [0.4, 0.5) is 0 Å². The summed E-state index contributed by atoms with van der Waals surface area (Å²) in [5, 5.41) is 31.9. The van der Waals surface area contributed by atoms with Gasteiger partial charge in [0, 0.05) is 32.5 Å². The number of aliphatic hydroxyl groups excluding tert-OH is 3. The summed E-state index contributed by atoms with van der Waals surface area (Å²) in [6.07, 6.45) is 0.349. The van der Waals surface area contributed by atoms with Gasteiger partial charge in [0.25, 0.3) is 0 Å². The lowest BCUT2D eigenvalue weighted by Crippen LogP contribution is -2.61. The summed E-state index contributed by atoms with van der Waals surface area (Å²) in [7, 11) is 0. The minimum atomic E-state index is -1.18. The second kappa shape index (κ2) is 9.09.